The number of rotatable bonds is 12. The van der Waals surface area contributed by atoms with Crippen molar-refractivity contribution < 1.29 is 27.8 Å². The Morgan fingerprint density at radius 3 is 2.69 bits per heavy atom. The smallest absolute Gasteiger partial charge is 0.319 e. The Kier molecular flexibility index (Phi) is 10.1. The number of aromatic nitrogens is 5. The molecule has 14 heteroatoms. The van der Waals surface area contributed by atoms with Gasteiger partial charge in [-0.05, 0) is 55.5 Å². The average molecular weight is 737 g/mol. The van der Waals surface area contributed by atoms with Crippen molar-refractivity contribution >= 4 is 33.4 Å². The van der Waals surface area contributed by atoms with Gasteiger partial charge in [0.05, 0.1) is 23.0 Å². The van der Waals surface area contributed by atoms with Crippen molar-refractivity contribution in [2.24, 2.45) is 5.41 Å². The molecule has 0 unspecified atom stereocenters. The van der Waals surface area contributed by atoms with E-state index < -0.39 is 23.3 Å². The van der Waals surface area contributed by atoms with Crippen LogP contribution in [0.25, 0.3) is 32.9 Å². The van der Waals surface area contributed by atoms with Crippen LogP contribution < -0.4 is 15.4 Å². The van der Waals surface area contributed by atoms with E-state index in [2.05, 4.69) is 48.1 Å². The van der Waals surface area contributed by atoms with Crippen LogP contribution >= 0.6 is 0 Å². The minimum absolute atomic E-state index is 0.0374. The standard InChI is InChI=1S/C40H39F3N8O3/c1-4-27-30(42)10-9-24-15-26(52)16-28(33(24)27)35-34(43)36-29(18-46-35)37(48-22-40(11-6-7-12-40)21-47-32(53)5-2)50-38(49-36)54-23-39(3)17-25(41)19-51(39)20-31-44-13-8-14-45-31/h1,5,8-10,13-16,18,25,52H,2,6-7,11-12,17,19-23H2,3H3,(H,47,53)(H,48,49,50)/t25-,39+/m1/s1. The van der Waals surface area contributed by atoms with E-state index in [0.29, 0.717) is 30.8 Å². The number of likely N-dealkylation sites (tertiary alicyclic amines) is 1. The Morgan fingerprint density at radius 2 is 1.94 bits per heavy atom. The number of pyridine rings is 1. The molecule has 11 nitrogen and oxygen atoms in total. The van der Waals surface area contributed by atoms with E-state index in [1.54, 1.807) is 18.5 Å². The SMILES string of the molecule is C#Cc1c(F)ccc2cc(O)cc(-c3ncc4c(NCC5(CNC(=O)C=C)CCCC5)nc(OC[C@]5(C)C[C@@H](F)CN5Cc5ncccn5)nc4c3F)c12. The summed E-state index contributed by atoms with van der Waals surface area (Å²) in [6.45, 7) is 6.60. The number of aromatic hydroxyl groups is 1. The van der Waals surface area contributed by atoms with Crippen molar-refractivity contribution in [3.05, 3.63) is 84.6 Å². The first kappa shape index (κ1) is 36.5. The third kappa shape index (κ3) is 7.23. The average Bonchev–Trinajstić information content (AvgIpc) is 3.75. The third-order valence-electron chi connectivity index (χ3n) is 10.5. The zero-order valence-corrected chi connectivity index (χ0v) is 29.7. The van der Waals surface area contributed by atoms with Crippen LogP contribution in [0.15, 0.2) is 61.6 Å². The highest BCUT2D eigenvalue weighted by molar-refractivity contribution is 6.03. The van der Waals surface area contributed by atoms with Crippen LogP contribution in [-0.2, 0) is 11.3 Å². The van der Waals surface area contributed by atoms with Gasteiger partial charge in [-0.15, -0.1) is 6.42 Å². The Hall–Kier alpha value is -5.81. The molecule has 1 aliphatic carbocycles. The highest BCUT2D eigenvalue weighted by Gasteiger charge is 2.43. The topological polar surface area (TPSA) is 138 Å². The number of amides is 1. The van der Waals surface area contributed by atoms with Gasteiger partial charge in [-0.2, -0.15) is 9.97 Å². The molecular weight excluding hydrogens is 697 g/mol. The van der Waals surface area contributed by atoms with Crippen molar-refractivity contribution in [1.29, 1.82) is 0 Å². The molecule has 2 fully saturated rings. The molecule has 7 rings (SSSR count). The van der Waals surface area contributed by atoms with E-state index in [-0.39, 0.29) is 81.6 Å². The molecule has 5 aromatic rings. The fourth-order valence-corrected chi connectivity index (χ4v) is 7.67. The summed E-state index contributed by atoms with van der Waals surface area (Å²) in [6, 6.07) is 6.85. The van der Waals surface area contributed by atoms with Crippen LogP contribution in [0.3, 0.4) is 0 Å². The maximum Gasteiger partial charge on any atom is 0.319 e. The summed E-state index contributed by atoms with van der Waals surface area (Å²) in [6.07, 6.45) is 14.2. The molecular formula is C40H39F3N8O3. The molecule has 0 radical (unpaired) electrons. The van der Waals surface area contributed by atoms with E-state index in [1.165, 1.54) is 36.5 Å². The Bertz CT molecular complexity index is 2280. The minimum Gasteiger partial charge on any atom is -0.508 e. The number of terminal acetylenes is 1. The third-order valence-corrected chi connectivity index (χ3v) is 10.5. The molecule has 2 aromatic carbocycles. The Balaban J connectivity index is 1.29. The number of phenolic OH excluding ortho intramolecular Hbond substituents is 1. The van der Waals surface area contributed by atoms with Crippen molar-refractivity contribution in [3.8, 4) is 35.4 Å². The first-order chi connectivity index (χ1) is 26.0. The Morgan fingerprint density at radius 1 is 1.17 bits per heavy atom. The van der Waals surface area contributed by atoms with Crippen molar-refractivity contribution in [1.82, 2.24) is 35.1 Å². The first-order valence-electron chi connectivity index (χ1n) is 17.7. The van der Waals surface area contributed by atoms with Gasteiger partial charge in [-0.3, -0.25) is 14.7 Å². The normalized spacial score (nSPS) is 19.5. The lowest BCUT2D eigenvalue weighted by molar-refractivity contribution is -0.116. The lowest BCUT2D eigenvalue weighted by Crippen LogP contribution is -2.45. The van der Waals surface area contributed by atoms with Gasteiger partial charge >= 0.3 is 6.01 Å². The maximum atomic E-state index is 17.0. The number of nitrogens with one attached hydrogen (secondary N) is 2. The lowest BCUT2D eigenvalue weighted by atomic mass is 9.86. The molecule has 3 aromatic heterocycles. The monoisotopic (exact) mass is 736 g/mol. The molecule has 2 atom stereocenters. The van der Waals surface area contributed by atoms with Crippen LogP contribution in [0.1, 0.15) is 50.4 Å². The van der Waals surface area contributed by atoms with Gasteiger partial charge in [-0.25, -0.2) is 23.1 Å². The zero-order chi connectivity index (χ0) is 38.0. The second-order valence-corrected chi connectivity index (χ2v) is 14.3. The molecule has 2 aliphatic rings. The molecule has 1 saturated carbocycles. The van der Waals surface area contributed by atoms with Crippen LogP contribution in [0.4, 0.5) is 19.0 Å². The maximum absolute atomic E-state index is 17.0. The molecule has 278 valence electrons. The lowest BCUT2D eigenvalue weighted by Gasteiger charge is -2.33. The van der Waals surface area contributed by atoms with E-state index in [9.17, 15) is 18.7 Å². The predicted molar refractivity (Wildman–Crippen MR) is 198 cm³/mol. The van der Waals surface area contributed by atoms with Gasteiger partial charge in [-0.1, -0.05) is 31.4 Å². The number of halogens is 3. The number of carbonyl (C=O) groups is 1. The number of hydrogen-bond donors (Lipinski definition) is 3. The number of anilines is 1. The molecule has 4 heterocycles. The van der Waals surface area contributed by atoms with E-state index in [1.807, 2.05) is 11.8 Å². The highest BCUT2D eigenvalue weighted by atomic mass is 19.1. The van der Waals surface area contributed by atoms with E-state index >= 15 is 4.39 Å². The van der Waals surface area contributed by atoms with E-state index in [0.717, 1.165) is 25.7 Å². The van der Waals surface area contributed by atoms with Gasteiger partial charge in [0, 0.05) is 61.0 Å². The largest absolute Gasteiger partial charge is 0.508 e. The fraction of sp³-hybridized carbons (Fsp3) is 0.350. The molecule has 3 N–H and O–H groups in total. The van der Waals surface area contributed by atoms with Gasteiger partial charge in [0.2, 0.25) is 5.91 Å². The van der Waals surface area contributed by atoms with E-state index in [4.69, 9.17) is 11.2 Å². The quantitative estimate of drug-likeness (QED) is 0.0995. The zero-order valence-electron chi connectivity index (χ0n) is 29.7. The van der Waals surface area contributed by atoms with Gasteiger partial charge in [0.15, 0.2) is 5.82 Å². The summed E-state index contributed by atoms with van der Waals surface area (Å²) in [5, 5.41) is 17.7. The van der Waals surface area contributed by atoms with Crippen LogP contribution in [0, 0.1) is 29.4 Å². The predicted octanol–water partition coefficient (Wildman–Crippen LogP) is 6.26. The number of benzene rings is 2. The summed E-state index contributed by atoms with van der Waals surface area (Å²) >= 11 is 0. The Labute approximate surface area is 310 Å². The summed E-state index contributed by atoms with van der Waals surface area (Å²) in [4.78, 5) is 36.2. The number of fused-ring (bicyclic) bond motifs is 2. The van der Waals surface area contributed by atoms with Crippen LogP contribution in [-0.4, -0.2) is 78.8 Å². The molecule has 1 amide bonds. The number of nitrogens with zero attached hydrogens (tertiary/aromatic N) is 6. The van der Waals surface area contributed by atoms with Gasteiger partial charge in [0.25, 0.3) is 0 Å². The number of hydrogen-bond acceptors (Lipinski definition) is 10. The van der Waals surface area contributed by atoms with Crippen molar-refractivity contribution in [2.75, 3.05) is 31.6 Å². The minimum atomic E-state index is -1.12. The molecule has 1 saturated heterocycles. The molecule has 54 heavy (non-hydrogen) atoms. The second-order valence-electron chi connectivity index (χ2n) is 14.3. The summed E-state index contributed by atoms with van der Waals surface area (Å²) in [5.41, 5.74) is -1.53. The van der Waals surface area contributed by atoms with Gasteiger partial charge in [0.1, 0.15) is 47.2 Å². The summed E-state index contributed by atoms with van der Waals surface area (Å²) in [5.74, 6) is 1.07. The summed E-state index contributed by atoms with van der Waals surface area (Å²) < 4.78 is 53.0. The van der Waals surface area contributed by atoms with Crippen molar-refractivity contribution in [2.45, 2.75) is 57.3 Å². The molecule has 0 bridgehead atoms. The summed E-state index contributed by atoms with van der Waals surface area (Å²) in [7, 11) is 0. The number of phenols is 1. The second kappa shape index (κ2) is 14.9. The number of alkyl halides is 1. The van der Waals surface area contributed by atoms with Crippen LogP contribution in [0.2, 0.25) is 0 Å². The number of ether oxygens (including phenoxy) is 1. The van der Waals surface area contributed by atoms with Crippen LogP contribution in [0.5, 0.6) is 11.8 Å². The van der Waals surface area contributed by atoms with Crippen molar-refractivity contribution in [3.63, 3.8) is 0 Å². The fourth-order valence-electron chi connectivity index (χ4n) is 7.67. The molecule has 0 spiro atoms. The van der Waals surface area contributed by atoms with Gasteiger partial charge < -0.3 is 20.5 Å². The number of carbonyl (C=O) groups excluding carboxylic acids is 1. The molecule has 1 aliphatic heterocycles. The first-order valence-corrected chi connectivity index (χ1v) is 17.7. The highest BCUT2D eigenvalue weighted by Crippen LogP contribution is 2.41.